The topological polar surface area (TPSA) is 58.4 Å². The normalized spacial score (nSPS) is 10.6. The fourth-order valence-electron chi connectivity index (χ4n) is 1.34. The van der Waals surface area contributed by atoms with Gasteiger partial charge in [0.05, 0.1) is 5.56 Å². The second-order valence-corrected chi connectivity index (χ2v) is 4.32. The Morgan fingerprint density at radius 3 is 2.88 bits per heavy atom. The number of nitrogens with zero attached hydrogens (tertiary/aromatic N) is 1. The maximum Gasteiger partial charge on any atom is 0.253 e. The highest BCUT2D eigenvalue weighted by Crippen LogP contribution is 2.17. The number of hydrogen-bond acceptors (Lipinski definition) is 3. The highest BCUT2D eigenvalue weighted by molar-refractivity contribution is 6.31. The van der Waals surface area contributed by atoms with Crippen LogP contribution in [0.1, 0.15) is 17.3 Å². The Hall–Kier alpha value is -1.26. The van der Waals surface area contributed by atoms with E-state index in [4.69, 9.17) is 17.3 Å². The van der Waals surface area contributed by atoms with Crippen LogP contribution < -0.4 is 11.1 Å². The van der Waals surface area contributed by atoms with Crippen molar-refractivity contribution in [1.29, 1.82) is 0 Å². The number of halogens is 1. The van der Waals surface area contributed by atoms with E-state index >= 15 is 0 Å². The van der Waals surface area contributed by atoms with Crippen LogP contribution in [0.5, 0.6) is 0 Å². The third-order valence-corrected chi connectivity index (χ3v) is 2.81. The van der Waals surface area contributed by atoms with Gasteiger partial charge in [-0.1, -0.05) is 18.5 Å². The van der Waals surface area contributed by atoms with Crippen molar-refractivity contribution in [3.05, 3.63) is 28.8 Å². The van der Waals surface area contributed by atoms with E-state index < -0.39 is 0 Å². The summed E-state index contributed by atoms with van der Waals surface area (Å²) >= 11 is 5.82. The van der Waals surface area contributed by atoms with Gasteiger partial charge in [-0.15, -0.1) is 0 Å². The summed E-state index contributed by atoms with van der Waals surface area (Å²) in [6.45, 7) is 4.42. The van der Waals surface area contributed by atoms with Crippen LogP contribution in [-0.2, 0) is 0 Å². The molecule has 0 atom stereocenters. The minimum atomic E-state index is -0.186. The molecule has 0 fully saturated rings. The quantitative estimate of drug-likeness (QED) is 0.786. The fourth-order valence-corrected chi connectivity index (χ4v) is 1.51. The van der Waals surface area contributed by atoms with E-state index in [1.54, 1.807) is 18.2 Å². The summed E-state index contributed by atoms with van der Waals surface area (Å²) in [4.78, 5) is 13.9. The van der Waals surface area contributed by atoms with Crippen LogP contribution in [0.4, 0.5) is 5.69 Å². The molecule has 0 radical (unpaired) electrons. The first-order valence-electron chi connectivity index (χ1n) is 5.56. The molecule has 0 unspecified atom stereocenters. The molecule has 1 aromatic carbocycles. The maximum atomic E-state index is 11.8. The third kappa shape index (κ3) is 4.24. The Bertz CT molecular complexity index is 395. The SMILES string of the molecule is CCN(C)CCNC(=O)c1cc(Cl)ccc1N. The summed E-state index contributed by atoms with van der Waals surface area (Å²) in [6, 6.07) is 4.88. The molecule has 1 amide bonds. The minimum absolute atomic E-state index is 0.186. The number of hydrogen-bond donors (Lipinski definition) is 2. The van der Waals surface area contributed by atoms with Gasteiger partial charge in [-0.05, 0) is 31.8 Å². The number of carbonyl (C=O) groups is 1. The molecule has 4 nitrogen and oxygen atoms in total. The van der Waals surface area contributed by atoms with Crippen molar-refractivity contribution in [3.63, 3.8) is 0 Å². The van der Waals surface area contributed by atoms with Crippen molar-refractivity contribution in [2.45, 2.75) is 6.92 Å². The van der Waals surface area contributed by atoms with Crippen molar-refractivity contribution in [1.82, 2.24) is 10.2 Å². The van der Waals surface area contributed by atoms with Crippen LogP contribution in [0.2, 0.25) is 5.02 Å². The van der Waals surface area contributed by atoms with Crippen molar-refractivity contribution in [2.75, 3.05) is 32.4 Å². The van der Waals surface area contributed by atoms with E-state index in [0.29, 0.717) is 22.8 Å². The number of benzene rings is 1. The lowest BCUT2D eigenvalue weighted by atomic mass is 10.1. The largest absolute Gasteiger partial charge is 0.398 e. The Morgan fingerprint density at radius 2 is 2.24 bits per heavy atom. The lowest BCUT2D eigenvalue weighted by molar-refractivity contribution is 0.0951. The first-order chi connectivity index (χ1) is 8.04. The molecule has 0 saturated heterocycles. The van der Waals surface area contributed by atoms with Crippen LogP contribution in [0.15, 0.2) is 18.2 Å². The minimum Gasteiger partial charge on any atom is -0.398 e. The zero-order valence-electron chi connectivity index (χ0n) is 10.2. The number of nitrogen functional groups attached to an aromatic ring is 1. The van der Waals surface area contributed by atoms with Gasteiger partial charge in [-0.3, -0.25) is 4.79 Å². The van der Waals surface area contributed by atoms with Gasteiger partial charge in [-0.25, -0.2) is 0 Å². The summed E-state index contributed by atoms with van der Waals surface area (Å²) in [5.41, 5.74) is 6.59. The molecule has 0 spiro atoms. The summed E-state index contributed by atoms with van der Waals surface area (Å²) in [7, 11) is 2.00. The molecule has 0 heterocycles. The van der Waals surface area contributed by atoms with Gasteiger partial charge >= 0.3 is 0 Å². The maximum absolute atomic E-state index is 11.8. The molecular weight excluding hydrogens is 238 g/mol. The van der Waals surface area contributed by atoms with Crippen molar-refractivity contribution in [3.8, 4) is 0 Å². The van der Waals surface area contributed by atoms with Gasteiger partial charge < -0.3 is 16.0 Å². The molecule has 3 N–H and O–H groups in total. The number of likely N-dealkylation sites (N-methyl/N-ethyl adjacent to an activating group) is 1. The highest BCUT2D eigenvalue weighted by Gasteiger charge is 2.09. The predicted octanol–water partition coefficient (Wildman–Crippen LogP) is 1.60. The zero-order valence-corrected chi connectivity index (χ0v) is 10.9. The molecule has 17 heavy (non-hydrogen) atoms. The van der Waals surface area contributed by atoms with Gasteiger partial charge in [0.15, 0.2) is 0 Å². The van der Waals surface area contributed by atoms with E-state index in [0.717, 1.165) is 13.1 Å². The number of rotatable bonds is 5. The molecule has 0 saturated carbocycles. The number of anilines is 1. The van der Waals surface area contributed by atoms with Gasteiger partial charge in [-0.2, -0.15) is 0 Å². The molecule has 0 aliphatic heterocycles. The average Bonchev–Trinajstić information content (AvgIpc) is 2.31. The Kier molecular flexibility index (Phi) is 5.25. The van der Waals surface area contributed by atoms with E-state index in [1.165, 1.54) is 0 Å². The lowest BCUT2D eigenvalue weighted by Crippen LogP contribution is -2.33. The average molecular weight is 256 g/mol. The highest BCUT2D eigenvalue weighted by atomic mass is 35.5. The predicted molar refractivity (Wildman–Crippen MR) is 71.4 cm³/mol. The number of carbonyl (C=O) groups excluding carboxylic acids is 1. The second-order valence-electron chi connectivity index (χ2n) is 3.88. The van der Waals surface area contributed by atoms with Crippen molar-refractivity contribution >= 4 is 23.2 Å². The van der Waals surface area contributed by atoms with E-state index in [-0.39, 0.29) is 5.91 Å². The van der Waals surface area contributed by atoms with Gasteiger partial charge in [0.2, 0.25) is 0 Å². The third-order valence-electron chi connectivity index (χ3n) is 2.58. The molecule has 94 valence electrons. The number of nitrogens with one attached hydrogen (secondary N) is 1. The molecule has 0 aliphatic carbocycles. The summed E-state index contributed by atoms with van der Waals surface area (Å²) in [5, 5.41) is 3.32. The first kappa shape index (κ1) is 13.8. The number of amides is 1. The van der Waals surface area contributed by atoms with E-state index in [1.807, 2.05) is 7.05 Å². The zero-order chi connectivity index (χ0) is 12.8. The molecule has 0 aromatic heterocycles. The van der Waals surface area contributed by atoms with Crippen LogP contribution in [-0.4, -0.2) is 37.5 Å². The summed E-state index contributed by atoms with van der Waals surface area (Å²) in [5.74, 6) is -0.186. The lowest BCUT2D eigenvalue weighted by Gasteiger charge is -2.14. The Balaban J connectivity index is 2.55. The summed E-state index contributed by atoms with van der Waals surface area (Å²) < 4.78 is 0. The van der Waals surface area contributed by atoms with Crippen LogP contribution in [0.25, 0.3) is 0 Å². The van der Waals surface area contributed by atoms with Crippen molar-refractivity contribution < 1.29 is 4.79 Å². The smallest absolute Gasteiger partial charge is 0.253 e. The van der Waals surface area contributed by atoms with Crippen LogP contribution >= 0.6 is 11.6 Å². The molecule has 5 heteroatoms. The molecule has 1 aromatic rings. The second kappa shape index (κ2) is 6.47. The molecular formula is C12H18ClN3O. The van der Waals surface area contributed by atoms with E-state index in [2.05, 4.69) is 17.1 Å². The Morgan fingerprint density at radius 1 is 1.53 bits per heavy atom. The van der Waals surface area contributed by atoms with Crippen LogP contribution in [0, 0.1) is 0 Å². The standard InChI is InChI=1S/C12H18ClN3O/c1-3-16(2)7-6-15-12(17)10-8-9(13)4-5-11(10)14/h4-5,8H,3,6-7,14H2,1-2H3,(H,15,17). The number of nitrogens with two attached hydrogens (primary N) is 1. The molecule has 0 bridgehead atoms. The first-order valence-corrected chi connectivity index (χ1v) is 5.94. The van der Waals surface area contributed by atoms with E-state index in [9.17, 15) is 4.79 Å². The summed E-state index contributed by atoms with van der Waals surface area (Å²) in [6.07, 6.45) is 0. The van der Waals surface area contributed by atoms with Gasteiger partial charge in [0.1, 0.15) is 0 Å². The van der Waals surface area contributed by atoms with Gasteiger partial charge in [0.25, 0.3) is 5.91 Å². The molecule has 0 aliphatic rings. The van der Waals surface area contributed by atoms with Gasteiger partial charge in [0, 0.05) is 23.8 Å². The molecule has 1 rings (SSSR count). The fraction of sp³-hybridized carbons (Fsp3) is 0.417. The Labute approximate surface area is 107 Å². The van der Waals surface area contributed by atoms with Crippen molar-refractivity contribution in [2.24, 2.45) is 0 Å². The van der Waals surface area contributed by atoms with Crippen LogP contribution in [0.3, 0.4) is 0 Å². The monoisotopic (exact) mass is 255 g/mol.